The van der Waals surface area contributed by atoms with Crippen LogP contribution >= 0.6 is 0 Å². The molecule has 1 saturated carbocycles. The van der Waals surface area contributed by atoms with Gasteiger partial charge in [0.25, 0.3) is 0 Å². The number of carbonyl (C=O) groups excluding carboxylic acids is 1. The Balaban J connectivity index is 1.85. The molecule has 0 bridgehead atoms. The zero-order chi connectivity index (χ0) is 15.9. The van der Waals surface area contributed by atoms with Crippen LogP contribution < -0.4 is 5.32 Å². The van der Waals surface area contributed by atoms with Crippen molar-refractivity contribution in [3.05, 3.63) is 77.9 Å². The van der Waals surface area contributed by atoms with E-state index in [1.54, 1.807) is 6.08 Å². The highest BCUT2D eigenvalue weighted by Crippen LogP contribution is 2.21. The number of nitrogens with one attached hydrogen (secondary N) is 1. The predicted octanol–water partition coefficient (Wildman–Crippen LogP) is 4.83. The predicted molar refractivity (Wildman–Crippen MR) is 95.2 cm³/mol. The minimum Gasteiger partial charge on any atom is -0.382 e. The highest BCUT2D eigenvalue weighted by Gasteiger charge is 2.15. The van der Waals surface area contributed by atoms with E-state index in [1.165, 1.54) is 32.1 Å². The Morgan fingerprint density at radius 1 is 0.826 bits per heavy atom. The molecule has 2 aromatic rings. The number of benzene rings is 2. The second kappa shape index (κ2) is 7.77. The average molecular weight is 305 g/mol. The molecular formula is C21H23NO. The molecule has 0 spiro atoms. The van der Waals surface area contributed by atoms with Crippen molar-refractivity contribution < 1.29 is 4.79 Å². The van der Waals surface area contributed by atoms with Crippen molar-refractivity contribution in [3.63, 3.8) is 0 Å². The molecule has 2 aromatic carbocycles. The Morgan fingerprint density at radius 3 is 2.00 bits per heavy atom. The van der Waals surface area contributed by atoms with Gasteiger partial charge in [0, 0.05) is 23.4 Å². The molecule has 3 rings (SSSR count). The van der Waals surface area contributed by atoms with Crippen LogP contribution in [0.15, 0.2) is 66.7 Å². The van der Waals surface area contributed by atoms with Crippen molar-refractivity contribution in [1.82, 2.24) is 5.32 Å². The molecule has 0 heterocycles. The molecule has 2 nitrogen and oxygen atoms in total. The number of ketones is 1. The molecule has 0 atom stereocenters. The van der Waals surface area contributed by atoms with Gasteiger partial charge in [0.2, 0.25) is 0 Å². The van der Waals surface area contributed by atoms with Gasteiger partial charge in [-0.25, -0.2) is 0 Å². The topological polar surface area (TPSA) is 29.1 Å². The molecule has 0 radical (unpaired) electrons. The van der Waals surface area contributed by atoms with Gasteiger partial charge in [-0.1, -0.05) is 79.9 Å². The molecule has 0 aromatic heterocycles. The molecule has 1 aliphatic rings. The third-order valence-electron chi connectivity index (χ3n) is 4.38. The Morgan fingerprint density at radius 2 is 1.39 bits per heavy atom. The molecule has 118 valence electrons. The first kappa shape index (κ1) is 15.5. The standard InChI is InChI=1S/C21H23NO/c23-21(18-12-6-2-7-13-18)16-20(17-10-4-1-5-11-17)22-19-14-8-3-9-15-19/h1-2,4-7,10-13,16,19,22H,3,8-9,14-15H2/b20-16+. The number of hydrogen-bond acceptors (Lipinski definition) is 2. The van der Waals surface area contributed by atoms with Crippen molar-refractivity contribution >= 4 is 11.5 Å². The molecule has 1 aliphatic carbocycles. The second-order valence-electron chi connectivity index (χ2n) is 6.13. The lowest BCUT2D eigenvalue weighted by molar-refractivity contribution is 0.104. The van der Waals surface area contributed by atoms with E-state index in [-0.39, 0.29) is 5.78 Å². The first-order chi connectivity index (χ1) is 11.3. The summed E-state index contributed by atoms with van der Waals surface area (Å²) in [7, 11) is 0. The minimum atomic E-state index is 0.0489. The van der Waals surface area contributed by atoms with Crippen LogP contribution in [0.25, 0.3) is 5.70 Å². The number of allylic oxidation sites excluding steroid dienone is 1. The van der Waals surface area contributed by atoms with Gasteiger partial charge in [0.05, 0.1) is 0 Å². The largest absolute Gasteiger partial charge is 0.382 e. The fourth-order valence-electron chi connectivity index (χ4n) is 3.11. The average Bonchev–Trinajstić information content (AvgIpc) is 2.63. The first-order valence-electron chi connectivity index (χ1n) is 8.46. The summed E-state index contributed by atoms with van der Waals surface area (Å²) in [5.41, 5.74) is 2.74. The lowest BCUT2D eigenvalue weighted by Gasteiger charge is -2.25. The number of hydrogen-bond donors (Lipinski definition) is 1. The zero-order valence-corrected chi connectivity index (χ0v) is 13.4. The maximum Gasteiger partial charge on any atom is 0.187 e. The Bertz CT molecular complexity index is 655. The second-order valence-corrected chi connectivity index (χ2v) is 6.13. The summed E-state index contributed by atoms with van der Waals surface area (Å²) in [6.07, 6.45) is 7.98. The summed E-state index contributed by atoms with van der Waals surface area (Å²) in [5, 5.41) is 3.61. The van der Waals surface area contributed by atoms with Gasteiger partial charge in [0.1, 0.15) is 0 Å². The highest BCUT2D eigenvalue weighted by molar-refractivity contribution is 6.08. The fraction of sp³-hybridized carbons (Fsp3) is 0.286. The quantitative estimate of drug-likeness (QED) is 0.633. The van der Waals surface area contributed by atoms with E-state index in [0.29, 0.717) is 6.04 Å². The maximum atomic E-state index is 12.6. The monoisotopic (exact) mass is 305 g/mol. The van der Waals surface area contributed by atoms with E-state index < -0.39 is 0 Å². The Hall–Kier alpha value is -2.35. The van der Waals surface area contributed by atoms with Crippen LogP contribution in [0.2, 0.25) is 0 Å². The third kappa shape index (κ3) is 4.32. The van der Waals surface area contributed by atoms with E-state index in [4.69, 9.17) is 0 Å². The van der Waals surface area contributed by atoms with Crippen LogP contribution in [-0.2, 0) is 0 Å². The zero-order valence-electron chi connectivity index (χ0n) is 13.4. The summed E-state index contributed by atoms with van der Waals surface area (Å²) in [4.78, 5) is 12.6. The molecule has 0 amide bonds. The van der Waals surface area contributed by atoms with Crippen LogP contribution in [0.3, 0.4) is 0 Å². The third-order valence-corrected chi connectivity index (χ3v) is 4.38. The molecule has 0 saturated heterocycles. The molecule has 1 N–H and O–H groups in total. The Labute approximate surface area is 138 Å². The maximum absolute atomic E-state index is 12.6. The molecule has 23 heavy (non-hydrogen) atoms. The molecule has 2 heteroatoms. The lowest BCUT2D eigenvalue weighted by Crippen LogP contribution is -2.30. The summed E-state index contributed by atoms with van der Waals surface area (Å²) >= 11 is 0. The number of rotatable bonds is 5. The molecule has 0 aliphatic heterocycles. The van der Waals surface area contributed by atoms with Crippen molar-refractivity contribution in [2.75, 3.05) is 0 Å². The molecule has 1 fully saturated rings. The van der Waals surface area contributed by atoms with Crippen molar-refractivity contribution in [1.29, 1.82) is 0 Å². The van der Waals surface area contributed by atoms with Gasteiger partial charge >= 0.3 is 0 Å². The van der Waals surface area contributed by atoms with Gasteiger partial charge in [-0.15, -0.1) is 0 Å². The lowest BCUT2D eigenvalue weighted by atomic mass is 9.94. The van der Waals surface area contributed by atoms with Gasteiger partial charge in [-0.05, 0) is 18.4 Å². The van der Waals surface area contributed by atoms with E-state index in [2.05, 4.69) is 17.4 Å². The van der Waals surface area contributed by atoms with Crippen LogP contribution in [0, 0.1) is 0 Å². The van der Waals surface area contributed by atoms with E-state index >= 15 is 0 Å². The smallest absolute Gasteiger partial charge is 0.187 e. The van der Waals surface area contributed by atoms with Crippen LogP contribution in [0.1, 0.15) is 48.0 Å². The SMILES string of the molecule is O=C(/C=C(/NC1CCCCC1)c1ccccc1)c1ccccc1. The van der Waals surface area contributed by atoms with Gasteiger partial charge in [-0.3, -0.25) is 4.79 Å². The van der Waals surface area contributed by atoms with Gasteiger partial charge < -0.3 is 5.32 Å². The normalized spacial score (nSPS) is 16.1. The van der Waals surface area contributed by atoms with Crippen molar-refractivity contribution in [2.45, 2.75) is 38.1 Å². The summed E-state index contributed by atoms with van der Waals surface area (Å²) < 4.78 is 0. The number of carbonyl (C=O) groups is 1. The molecular weight excluding hydrogens is 282 g/mol. The highest BCUT2D eigenvalue weighted by atomic mass is 16.1. The van der Waals surface area contributed by atoms with E-state index in [9.17, 15) is 4.79 Å². The van der Waals surface area contributed by atoms with Crippen LogP contribution in [0.5, 0.6) is 0 Å². The Kier molecular flexibility index (Phi) is 5.25. The van der Waals surface area contributed by atoms with Crippen LogP contribution in [0.4, 0.5) is 0 Å². The van der Waals surface area contributed by atoms with E-state index in [0.717, 1.165) is 16.8 Å². The fourth-order valence-corrected chi connectivity index (χ4v) is 3.11. The minimum absolute atomic E-state index is 0.0489. The van der Waals surface area contributed by atoms with Gasteiger partial charge in [0.15, 0.2) is 5.78 Å². The van der Waals surface area contributed by atoms with Crippen LogP contribution in [-0.4, -0.2) is 11.8 Å². The first-order valence-corrected chi connectivity index (χ1v) is 8.46. The van der Waals surface area contributed by atoms with Gasteiger partial charge in [-0.2, -0.15) is 0 Å². The van der Waals surface area contributed by atoms with E-state index in [1.807, 2.05) is 48.5 Å². The van der Waals surface area contributed by atoms with Crippen molar-refractivity contribution in [3.8, 4) is 0 Å². The molecule has 0 unspecified atom stereocenters. The van der Waals surface area contributed by atoms with Crippen molar-refractivity contribution in [2.24, 2.45) is 0 Å². The summed E-state index contributed by atoms with van der Waals surface area (Å²) in [5.74, 6) is 0.0489. The summed E-state index contributed by atoms with van der Waals surface area (Å²) in [6.45, 7) is 0. The summed E-state index contributed by atoms with van der Waals surface area (Å²) in [6, 6.07) is 20.1.